The van der Waals surface area contributed by atoms with Crippen LogP contribution in [-0.2, 0) is 4.74 Å². The van der Waals surface area contributed by atoms with Crippen molar-refractivity contribution in [3.63, 3.8) is 0 Å². The molecule has 1 saturated heterocycles. The van der Waals surface area contributed by atoms with Gasteiger partial charge in [0, 0.05) is 18.6 Å². The molecule has 0 radical (unpaired) electrons. The van der Waals surface area contributed by atoms with Crippen LogP contribution in [-0.4, -0.2) is 55.4 Å². The van der Waals surface area contributed by atoms with Crippen molar-refractivity contribution in [1.82, 2.24) is 15.5 Å². The summed E-state index contributed by atoms with van der Waals surface area (Å²) in [6.07, 6.45) is 3.18. The molecule has 0 aromatic heterocycles. The fraction of sp³-hybridized carbons (Fsp3) is 0.941. The van der Waals surface area contributed by atoms with Crippen LogP contribution in [0.25, 0.3) is 0 Å². The Kier molecular flexibility index (Phi) is 7.63. The zero-order chi connectivity index (χ0) is 16.8. The summed E-state index contributed by atoms with van der Waals surface area (Å²) in [4.78, 5) is 14.1. The molecule has 0 spiro atoms. The third-order valence-corrected chi connectivity index (χ3v) is 4.17. The fourth-order valence-electron chi connectivity index (χ4n) is 2.89. The van der Waals surface area contributed by atoms with Gasteiger partial charge in [-0.3, -0.25) is 0 Å². The second-order valence-electron chi connectivity index (χ2n) is 7.74. The van der Waals surface area contributed by atoms with Crippen LogP contribution in [0.2, 0.25) is 0 Å². The van der Waals surface area contributed by atoms with Gasteiger partial charge in [-0.1, -0.05) is 0 Å². The average molecular weight is 313 g/mol. The summed E-state index contributed by atoms with van der Waals surface area (Å²) < 4.78 is 5.27. The third-order valence-electron chi connectivity index (χ3n) is 4.17. The molecular formula is C17H35N3O2. The Morgan fingerprint density at radius 3 is 2.64 bits per heavy atom. The van der Waals surface area contributed by atoms with Gasteiger partial charge in [0.2, 0.25) is 0 Å². The number of amides is 1. The van der Waals surface area contributed by atoms with Crippen molar-refractivity contribution < 1.29 is 9.53 Å². The minimum atomic E-state index is -0.441. The van der Waals surface area contributed by atoms with E-state index in [0.29, 0.717) is 6.04 Å². The van der Waals surface area contributed by atoms with Gasteiger partial charge in [-0.25, -0.2) is 4.79 Å². The van der Waals surface area contributed by atoms with Crippen LogP contribution in [0.15, 0.2) is 0 Å². The van der Waals surface area contributed by atoms with E-state index in [0.717, 1.165) is 18.9 Å². The highest BCUT2D eigenvalue weighted by atomic mass is 16.6. The Labute approximate surface area is 136 Å². The summed E-state index contributed by atoms with van der Waals surface area (Å²) in [5, 5.41) is 6.49. The van der Waals surface area contributed by atoms with Crippen LogP contribution in [0.4, 0.5) is 4.79 Å². The Balaban J connectivity index is 2.18. The van der Waals surface area contributed by atoms with E-state index >= 15 is 0 Å². The normalized spacial score (nSPS) is 22.9. The van der Waals surface area contributed by atoms with Crippen LogP contribution >= 0.6 is 0 Å². The van der Waals surface area contributed by atoms with Gasteiger partial charge in [-0.15, -0.1) is 0 Å². The lowest BCUT2D eigenvalue weighted by Crippen LogP contribution is -2.44. The molecule has 1 heterocycles. The van der Waals surface area contributed by atoms with Crippen molar-refractivity contribution in [2.75, 3.05) is 26.7 Å². The van der Waals surface area contributed by atoms with Gasteiger partial charge < -0.3 is 20.3 Å². The van der Waals surface area contributed by atoms with Gasteiger partial charge in [0.05, 0.1) is 0 Å². The highest BCUT2D eigenvalue weighted by molar-refractivity contribution is 5.67. The van der Waals surface area contributed by atoms with Crippen LogP contribution in [0.5, 0.6) is 0 Å². The fourth-order valence-corrected chi connectivity index (χ4v) is 2.89. The molecule has 1 aliphatic rings. The number of hydrogen-bond acceptors (Lipinski definition) is 4. The Hall–Kier alpha value is -0.810. The maximum Gasteiger partial charge on any atom is 0.407 e. The second-order valence-corrected chi connectivity index (χ2v) is 7.74. The number of likely N-dealkylation sites (tertiary alicyclic amines) is 1. The maximum atomic E-state index is 11.7. The van der Waals surface area contributed by atoms with Crippen molar-refractivity contribution in [1.29, 1.82) is 0 Å². The van der Waals surface area contributed by atoms with Crippen molar-refractivity contribution in [3.05, 3.63) is 0 Å². The first-order chi connectivity index (χ1) is 10.2. The molecule has 0 aromatic rings. The zero-order valence-corrected chi connectivity index (χ0v) is 15.2. The van der Waals surface area contributed by atoms with Gasteiger partial charge in [0.15, 0.2) is 0 Å². The quantitative estimate of drug-likeness (QED) is 0.791. The first-order valence-corrected chi connectivity index (χ1v) is 8.59. The first-order valence-electron chi connectivity index (χ1n) is 8.59. The highest BCUT2D eigenvalue weighted by Gasteiger charge is 2.22. The summed E-state index contributed by atoms with van der Waals surface area (Å²) >= 11 is 0. The predicted molar refractivity (Wildman–Crippen MR) is 91.1 cm³/mol. The monoisotopic (exact) mass is 313 g/mol. The molecule has 3 unspecified atom stereocenters. The second kappa shape index (κ2) is 8.73. The van der Waals surface area contributed by atoms with Gasteiger partial charge in [0.1, 0.15) is 5.60 Å². The van der Waals surface area contributed by atoms with E-state index in [1.165, 1.54) is 25.9 Å². The lowest BCUT2D eigenvalue weighted by Gasteiger charge is -2.34. The number of carbonyl (C=O) groups is 1. The summed E-state index contributed by atoms with van der Waals surface area (Å²) in [7, 11) is 2.20. The van der Waals surface area contributed by atoms with E-state index in [2.05, 4.69) is 29.5 Å². The van der Waals surface area contributed by atoms with Crippen LogP contribution in [0.1, 0.15) is 53.9 Å². The van der Waals surface area contributed by atoms with E-state index in [-0.39, 0.29) is 12.1 Å². The smallest absolute Gasteiger partial charge is 0.407 e. The maximum absolute atomic E-state index is 11.7. The molecule has 1 aliphatic heterocycles. The third kappa shape index (κ3) is 7.99. The lowest BCUT2D eigenvalue weighted by atomic mass is 9.92. The number of rotatable bonds is 6. The molecule has 5 nitrogen and oxygen atoms in total. The standard InChI is InChI=1S/C17H35N3O2/c1-13(19-16(21)22-17(3,4)5)9-10-18-14(2)15-8-7-11-20(6)12-15/h13-15,18H,7-12H2,1-6H3,(H,19,21). The molecule has 2 N–H and O–H groups in total. The number of ether oxygens (including phenoxy) is 1. The van der Waals surface area contributed by atoms with Gasteiger partial charge in [-0.05, 0) is 79.9 Å². The zero-order valence-electron chi connectivity index (χ0n) is 15.2. The number of piperidine rings is 1. The molecular weight excluding hydrogens is 278 g/mol. The van der Waals surface area contributed by atoms with E-state index in [1.807, 2.05) is 27.7 Å². The Morgan fingerprint density at radius 2 is 2.05 bits per heavy atom. The molecule has 5 heteroatoms. The van der Waals surface area contributed by atoms with Crippen LogP contribution in [0.3, 0.4) is 0 Å². The molecule has 0 aromatic carbocycles. The Bertz CT molecular complexity index is 341. The van der Waals surface area contributed by atoms with E-state index in [4.69, 9.17) is 4.74 Å². The SMILES string of the molecule is CC(CCNC(C)C1CCCN(C)C1)NC(=O)OC(C)(C)C. The molecule has 1 fully saturated rings. The lowest BCUT2D eigenvalue weighted by molar-refractivity contribution is 0.0506. The van der Waals surface area contributed by atoms with E-state index in [9.17, 15) is 4.79 Å². The van der Waals surface area contributed by atoms with E-state index < -0.39 is 5.60 Å². The Morgan fingerprint density at radius 1 is 1.36 bits per heavy atom. The minimum Gasteiger partial charge on any atom is -0.444 e. The predicted octanol–water partition coefficient (Wildman–Crippen LogP) is 2.61. The molecule has 22 heavy (non-hydrogen) atoms. The van der Waals surface area contributed by atoms with Crippen molar-refractivity contribution >= 4 is 6.09 Å². The molecule has 130 valence electrons. The first kappa shape index (κ1) is 19.2. The molecule has 0 aliphatic carbocycles. The van der Waals surface area contributed by atoms with Gasteiger partial charge in [0.25, 0.3) is 0 Å². The number of hydrogen-bond donors (Lipinski definition) is 2. The summed E-state index contributed by atoms with van der Waals surface area (Å²) in [5.41, 5.74) is -0.441. The molecule has 3 atom stereocenters. The summed E-state index contributed by atoms with van der Waals surface area (Å²) in [6, 6.07) is 0.639. The number of nitrogens with one attached hydrogen (secondary N) is 2. The van der Waals surface area contributed by atoms with E-state index in [1.54, 1.807) is 0 Å². The minimum absolute atomic E-state index is 0.114. The van der Waals surface area contributed by atoms with Crippen LogP contribution in [0, 0.1) is 5.92 Å². The summed E-state index contributed by atoms with van der Waals surface area (Å²) in [5.74, 6) is 0.730. The number of carbonyl (C=O) groups excluding carboxylic acids is 1. The molecule has 0 saturated carbocycles. The van der Waals surface area contributed by atoms with Crippen molar-refractivity contribution in [2.45, 2.75) is 71.6 Å². The van der Waals surface area contributed by atoms with Gasteiger partial charge in [-0.2, -0.15) is 0 Å². The van der Waals surface area contributed by atoms with Gasteiger partial charge >= 0.3 is 6.09 Å². The number of nitrogens with zero attached hydrogens (tertiary/aromatic N) is 1. The number of alkyl carbamates (subject to hydrolysis) is 1. The van der Waals surface area contributed by atoms with Crippen molar-refractivity contribution in [3.8, 4) is 0 Å². The van der Waals surface area contributed by atoms with Crippen molar-refractivity contribution in [2.24, 2.45) is 5.92 Å². The molecule has 1 amide bonds. The highest BCUT2D eigenvalue weighted by Crippen LogP contribution is 2.18. The van der Waals surface area contributed by atoms with Crippen LogP contribution < -0.4 is 10.6 Å². The average Bonchev–Trinajstić information content (AvgIpc) is 2.36. The summed E-state index contributed by atoms with van der Waals surface area (Å²) in [6.45, 7) is 13.2. The molecule has 0 bridgehead atoms. The topological polar surface area (TPSA) is 53.6 Å². The molecule has 1 rings (SSSR count). The largest absolute Gasteiger partial charge is 0.444 e.